The van der Waals surface area contributed by atoms with Gasteiger partial charge >= 0.3 is 0 Å². The molecule has 0 radical (unpaired) electrons. The van der Waals surface area contributed by atoms with E-state index in [1.54, 1.807) is 11.9 Å². The van der Waals surface area contributed by atoms with E-state index < -0.39 is 5.41 Å². The highest BCUT2D eigenvalue weighted by atomic mass is 16.2. The molecule has 22 heavy (non-hydrogen) atoms. The van der Waals surface area contributed by atoms with Crippen LogP contribution in [0.25, 0.3) is 0 Å². The van der Waals surface area contributed by atoms with E-state index in [0.717, 1.165) is 5.56 Å². The predicted molar refractivity (Wildman–Crippen MR) is 87.8 cm³/mol. The number of hydrogen-bond acceptors (Lipinski definition) is 2. The van der Waals surface area contributed by atoms with E-state index in [1.165, 1.54) is 0 Å². The first-order chi connectivity index (χ1) is 10.2. The van der Waals surface area contributed by atoms with Crippen molar-refractivity contribution < 1.29 is 9.59 Å². The second kappa shape index (κ2) is 5.75. The molecule has 2 amide bonds. The molecule has 0 saturated carbocycles. The van der Waals surface area contributed by atoms with E-state index in [2.05, 4.69) is 32.2 Å². The maximum Gasteiger partial charge on any atom is 0.253 e. The van der Waals surface area contributed by atoms with Crippen LogP contribution in [0.4, 0.5) is 0 Å². The van der Waals surface area contributed by atoms with Crippen LogP contribution in [-0.2, 0) is 10.2 Å². The largest absolute Gasteiger partial charge is 0.359 e. The SMILES string of the molecule is CNC(=O)C1(C)CCN(C(=O)c2cccc(C(C)(C)C)c2)C1. The highest BCUT2D eigenvalue weighted by Gasteiger charge is 2.41. The van der Waals surface area contributed by atoms with Crippen molar-refractivity contribution in [3.63, 3.8) is 0 Å². The van der Waals surface area contributed by atoms with Crippen LogP contribution in [0.5, 0.6) is 0 Å². The Hall–Kier alpha value is -1.84. The second-order valence-corrected chi connectivity index (χ2v) is 7.45. The number of hydrogen-bond donors (Lipinski definition) is 1. The van der Waals surface area contributed by atoms with Crippen LogP contribution in [0, 0.1) is 5.41 Å². The molecule has 0 aliphatic carbocycles. The number of nitrogens with zero attached hydrogens (tertiary/aromatic N) is 1. The van der Waals surface area contributed by atoms with Gasteiger partial charge in [0, 0.05) is 25.7 Å². The summed E-state index contributed by atoms with van der Waals surface area (Å²) >= 11 is 0. The second-order valence-electron chi connectivity index (χ2n) is 7.45. The number of benzene rings is 1. The molecule has 1 aliphatic heterocycles. The molecule has 0 spiro atoms. The molecule has 1 unspecified atom stereocenters. The van der Waals surface area contributed by atoms with Gasteiger partial charge < -0.3 is 10.2 Å². The van der Waals surface area contributed by atoms with Crippen LogP contribution in [0.3, 0.4) is 0 Å². The fraction of sp³-hybridized carbons (Fsp3) is 0.556. The summed E-state index contributed by atoms with van der Waals surface area (Å²) in [7, 11) is 1.64. The Morgan fingerprint density at radius 1 is 1.27 bits per heavy atom. The van der Waals surface area contributed by atoms with Crippen molar-refractivity contribution in [2.75, 3.05) is 20.1 Å². The minimum Gasteiger partial charge on any atom is -0.359 e. The molecule has 120 valence electrons. The number of nitrogens with one attached hydrogen (secondary N) is 1. The molecular weight excluding hydrogens is 276 g/mol. The minimum atomic E-state index is -0.480. The van der Waals surface area contributed by atoms with Gasteiger partial charge in [-0.1, -0.05) is 32.9 Å². The van der Waals surface area contributed by atoms with Gasteiger partial charge in [0.1, 0.15) is 0 Å². The van der Waals surface area contributed by atoms with E-state index in [1.807, 2.05) is 25.1 Å². The van der Waals surface area contributed by atoms with E-state index in [4.69, 9.17) is 0 Å². The van der Waals surface area contributed by atoms with Gasteiger partial charge in [-0.05, 0) is 36.5 Å². The smallest absolute Gasteiger partial charge is 0.253 e. The van der Waals surface area contributed by atoms with Crippen molar-refractivity contribution in [2.24, 2.45) is 5.41 Å². The van der Waals surface area contributed by atoms with Gasteiger partial charge in [0.2, 0.25) is 5.91 Å². The minimum absolute atomic E-state index is 0.00578. The molecule has 0 bridgehead atoms. The number of carbonyl (C=O) groups is 2. The molecule has 1 atom stereocenters. The first-order valence-corrected chi connectivity index (χ1v) is 7.79. The van der Waals surface area contributed by atoms with Crippen molar-refractivity contribution in [2.45, 2.75) is 39.5 Å². The van der Waals surface area contributed by atoms with Crippen molar-refractivity contribution in [1.29, 1.82) is 0 Å². The van der Waals surface area contributed by atoms with Gasteiger partial charge in [-0.25, -0.2) is 0 Å². The fourth-order valence-electron chi connectivity index (χ4n) is 2.92. The van der Waals surface area contributed by atoms with Gasteiger partial charge in [0.25, 0.3) is 5.91 Å². The molecule has 4 nitrogen and oxygen atoms in total. The monoisotopic (exact) mass is 302 g/mol. The number of carbonyl (C=O) groups excluding carboxylic acids is 2. The van der Waals surface area contributed by atoms with Crippen molar-refractivity contribution in [3.8, 4) is 0 Å². The summed E-state index contributed by atoms with van der Waals surface area (Å²) in [5.74, 6) is 0.0185. The van der Waals surface area contributed by atoms with Crippen molar-refractivity contribution >= 4 is 11.8 Å². The Balaban J connectivity index is 2.19. The topological polar surface area (TPSA) is 49.4 Å². The van der Waals surface area contributed by atoms with Crippen molar-refractivity contribution in [3.05, 3.63) is 35.4 Å². The third-order valence-electron chi connectivity index (χ3n) is 4.51. The summed E-state index contributed by atoms with van der Waals surface area (Å²) < 4.78 is 0. The quantitative estimate of drug-likeness (QED) is 0.913. The maximum absolute atomic E-state index is 12.7. The molecule has 1 aromatic carbocycles. The maximum atomic E-state index is 12.7. The van der Waals surface area contributed by atoms with E-state index in [0.29, 0.717) is 25.1 Å². The van der Waals surface area contributed by atoms with Gasteiger partial charge in [-0.15, -0.1) is 0 Å². The Labute approximate surface area is 132 Å². The number of amides is 2. The van der Waals surface area contributed by atoms with Crippen LogP contribution in [-0.4, -0.2) is 36.9 Å². The van der Waals surface area contributed by atoms with Gasteiger partial charge in [-0.2, -0.15) is 0 Å². The van der Waals surface area contributed by atoms with Gasteiger partial charge in [-0.3, -0.25) is 9.59 Å². The third-order valence-corrected chi connectivity index (χ3v) is 4.51. The summed E-state index contributed by atoms with van der Waals surface area (Å²) in [5, 5.41) is 2.70. The average Bonchev–Trinajstić information content (AvgIpc) is 2.88. The Morgan fingerprint density at radius 2 is 1.95 bits per heavy atom. The third kappa shape index (κ3) is 3.16. The molecule has 1 saturated heterocycles. The summed E-state index contributed by atoms with van der Waals surface area (Å²) in [4.78, 5) is 26.5. The zero-order valence-corrected chi connectivity index (χ0v) is 14.2. The lowest BCUT2D eigenvalue weighted by Crippen LogP contribution is -2.40. The molecule has 1 aromatic rings. The molecule has 1 heterocycles. The number of likely N-dealkylation sites (tertiary alicyclic amines) is 1. The normalized spacial score (nSPS) is 21.8. The molecule has 1 fully saturated rings. The molecule has 2 rings (SSSR count). The highest BCUT2D eigenvalue weighted by molar-refractivity contribution is 5.95. The van der Waals surface area contributed by atoms with E-state index in [9.17, 15) is 9.59 Å². The standard InChI is InChI=1S/C18H26N2O2/c1-17(2,3)14-8-6-7-13(11-14)15(21)20-10-9-18(4,12-20)16(22)19-5/h6-8,11H,9-10,12H2,1-5H3,(H,19,22). The van der Waals surface area contributed by atoms with E-state index >= 15 is 0 Å². The predicted octanol–water partition coefficient (Wildman–Crippen LogP) is 2.58. The summed E-state index contributed by atoms with van der Waals surface area (Å²) in [6.45, 7) is 9.43. The lowest BCUT2D eigenvalue weighted by Gasteiger charge is -2.24. The molecule has 4 heteroatoms. The molecular formula is C18H26N2O2. The van der Waals surface area contributed by atoms with Gasteiger partial charge in [0.05, 0.1) is 5.41 Å². The van der Waals surface area contributed by atoms with Crippen LogP contribution in [0.1, 0.15) is 50.0 Å². The zero-order chi connectivity index (χ0) is 16.5. The fourth-order valence-corrected chi connectivity index (χ4v) is 2.92. The first kappa shape index (κ1) is 16.5. The van der Waals surface area contributed by atoms with Crippen LogP contribution in [0.2, 0.25) is 0 Å². The Morgan fingerprint density at radius 3 is 2.55 bits per heavy atom. The zero-order valence-electron chi connectivity index (χ0n) is 14.2. The summed E-state index contributed by atoms with van der Waals surface area (Å²) in [6.07, 6.45) is 0.706. The van der Waals surface area contributed by atoms with Crippen LogP contribution in [0.15, 0.2) is 24.3 Å². The average molecular weight is 302 g/mol. The Bertz CT molecular complexity index is 589. The highest BCUT2D eigenvalue weighted by Crippen LogP contribution is 2.31. The first-order valence-electron chi connectivity index (χ1n) is 7.79. The molecule has 1 aliphatic rings. The lowest BCUT2D eigenvalue weighted by molar-refractivity contribution is -0.128. The van der Waals surface area contributed by atoms with Crippen LogP contribution < -0.4 is 5.32 Å². The van der Waals surface area contributed by atoms with Gasteiger partial charge in [0.15, 0.2) is 0 Å². The van der Waals surface area contributed by atoms with E-state index in [-0.39, 0.29) is 17.2 Å². The lowest BCUT2D eigenvalue weighted by atomic mass is 9.86. The van der Waals surface area contributed by atoms with Crippen LogP contribution >= 0.6 is 0 Å². The van der Waals surface area contributed by atoms with Crippen molar-refractivity contribution in [1.82, 2.24) is 10.2 Å². The summed E-state index contributed by atoms with van der Waals surface area (Å²) in [6, 6.07) is 7.81. The Kier molecular flexibility index (Phi) is 4.32. The molecule has 1 N–H and O–H groups in total. The number of rotatable bonds is 2. The summed E-state index contributed by atoms with van der Waals surface area (Å²) in [5.41, 5.74) is 1.38. The molecule has 0 aromatic heterocycles.